The molecule has 0 radical (unpaired) electrons. The standard InChI is InChI=1S/C3H7N3O6/c7-1-4-2(8)6(12)3(9,10)5(1)11/h1,7,9-12H,(H,4,8). The summed E-state index contributed by atoms with van der Waals surface area (Å²) in [5.41, 5.74) is 0. The molecular formula is C3H7N3O6. The molecule has 12 heavy (non-hydrogen) atoms. The van der Waals surface area contributed by atoms with Crippen LogP contribution in [0.3, 0.4) is 0 Å². The van der Waals surface area contributed by atoms with Gasteiger partial charge in [-0.2, -0.15) is 0 Å². The van der Waals surface area contributed by atoms with Crippen molar-refractivity contribution in [2.45, 2.75) is 12.4 Å². The Labute approximate surface area is 65.6 Å². The second kappa shape index (κ2) is 2.52. The number of nitrogens with one attached hydrogen (secondary N) is 1. The highest BCUT2D eigenvalue weighted by atomic mass is 16.7. The quantitative estimate of drug-likeness (QED) is 0.172. The first-order chi connectivity index (χ1) is 5.37. The van der Waals surface area contributed by atoms with Crippen LogP contribution in [0, 0.1) is 0 Å². The van der Waals surface area contributed by atoms with Crippen molar-refractivity contribution in [2.24, 2.45) is 0 Å². The molecule has 9 nitrogen and oxygen atoms in total. The Morgan fingerprint density at radius 1 is 1.42 bits per heavy atom. The van der Waals surface area contributed by atoms with Gasteiger partial charge in [0, 0.05) is 0 Å². The molecule has 0 saturated carbocycles. The maximum Gasteiger partial charge on any atom is 0.368 e. The minimum absolute atomic E-state index is 0.464. The van der Waals surface area contributed by atoms with Crippen molar-refractivity contribution in [3.63, 3.8) is 0 Å². The number of aliphatic hydroxyl groups is 3. The molecule has 0 aromatic rings. The Morgan fingerprint density at radius 2 is 1.92 bits per heavy atom. The first-order valence-corrected chi connectivity index (χ1v) is 2.78. The van der Waals surface area contributed by atoms with Gasteiger partial charge in [0.25, 0.3) is 0 Å². The summed E-state index contributed by atoms with van der Waals surface area (Å²) in [6, 6.07) is -4.71. The molecule has 0 spiro atoms. The number of amides is 2. The predicted octanol–water partition coefficient (Wildman–Crippen LogP) is -3.04. The van der Waals surface area contributed by atoms with E-state index in [2.05, 4.69) is 0 Å². The van der Waals surface area contributed by atoms with Crippen molar-refractivity contribution in [1.29, 1.82) is 0 Å². The first-order valence-electron chi connectivity index (χ1n) is 2.78. The largest absolute Gasteiger partial charge is 0.368 e. The van der Waals surface area contributed by atoms with Crippen LogP contribution >= 0.6 is 0 Å². The molecule has 9 heteroatoms. The van der Waals surface area contributed by atoms with E-state index >= 15 is 0 Å². The van der Waals surface area contributed by atoms with Gasteiger partial charge in [0.1, 0.15) is 0 Å². The van der Waals surface area contributed by atoms with Gasteiger partial charge in [-0.25, -0.2) is 4.79 Å². The van der Waals surface area contributed by atoms with Gasteiger partial charge in [-0.3, -0.25) is 10.5 Å². The summed E-state index contributed by atoms with van der Waals surface area (Å²) in [6.07, 6.45) is -2.00. The number of hydrogen-bond donors (Lipinski definition) is 6. The zero-order valence-corrected chi connectivity index (χ0v) is 5.62. The van der Waals surface area contributed by atoms with Crippen LogP contribution in [0.15, 0.2) is 0 Å². The first kappa shape index (κ1) is 9.12. The minimum atomic E-state index is -3.35. The number of hydrogen-bond acceptors (Lipinski definition) is 7. The Hall–Kier alpha value is -0.970. The Morgan fingerprint density at radius 3 is 2.42 bits per heavy atom. The van der Waals surface area contributed by atoms with E-state index < -0.39 is 28.5 Å². The molecule has 1 fully saturated rings. The van der Waals surface area contributed by atoms with E-state index in [1.807, 2.05) is 0 Å². The predicted molar refractivity (Wildman–Crippen MR) is 29.0 cm³/mol. The number of nitrogens with zero attached hydrogens (tertiary/aromatic N) is 2. The lowest BCUT2D eigenvalue weighted by Crippen LogP contribution is -2.73. The van der Waals surface area contributed by atoms with Gasteiger partial charge in [-0.05, 0) is 0 Å². The van der Waals surface area contributed by atoms with E-state index in [0.717, 1.165) is 0 Å². The smallest absolute Gasteiger partial charge is 0.359 e. The molecule has 6 N–H and O–H groups in total. The van der Waals surface area contributed by atoms with E-state index in [1.165, 1.54) is 0 Å². The van der Waals surface area contributed by atoms with E-state index in [-0.39, 0.29) is 0 Å². The molecule has 1 atom stereocenters. The third-order valence-corrected chi connectivity index (χ3v) is 1.27. The van der Waals surface area contributed by atoms with Gasteiger partial charge in [0.15, 0.2) is 0 Å². The van der Waals surface area contributed by atoms with E-state index in [4.69, 9.17) is 25.7 Å². The molecule has 0 bridgehead atoms. The fourth-order valence-electron chi connectivity index (χ4n) is 0.630. The van der Waals surface area contributed by atoms with Crippen LogP contribution in [-0.4, -0.2) is 54.3 Å². The van der Waals surface area contributed by atoms with Crippen molar-refractivity contribution in [3.05, 3.63) is 0 Å². The maximum atomic E-state index is 10.5. The SMILES string of the molecule is O=C1NC(O)N(O)C(O)(O)N1O. The summed E-state index contributed by atoms with van der Waals surface area (Å²) < 4.78 is 0. The monoisotopic (exact) mass is 181 g/mol. The van der Waals surface area contributed by atoms with Crippen LogP contribution in [0.2, 0.25) is 0 Å². The fourth-order valence-corrected chi connectivity index (χ4v) is 0.630. The lowest BCUT2D eigenvalue weighted by molar-refractivity contribution is -0.494. The Bertz CT molecular complexity index is 206. The highest BCUT2D eigenvalue weighted by Crippen LogP contribution is 2.15. The van der Waals surface area contributed by atoms with E-state index in [9.17, 15) is 4.79 Å². The van der Waals surface area contributed by atoms with Crippen LogP contribution in [0.1, 0.15) is 0 Å². The van der Waals surface area contributed by atoms with Crippen LogP contribution in [-0.2, 0) is 0 Å². The van der Waals surface area contributed by atoms with Crippen molar-refractivity contribution >= 4 is 6.03 Å². The average Bonchev–Trinajstić information content (AvgIpc) is 1.99. The highest BCUT2D eigenvalue weighted by Gasteiger charge is 2.50. The Kier molecular flexibility index (Phi) is 1.91. The summed E-state index contributed by atoms with van der Waals surface area (Å²) in [5.74, 6) is 0. The molecule has 1 heterocycles. The maximum absolute atomic E-state index is 10.5. The minimum Gasteiger partial charge on any atom is -0.359 e. The van der Waals surface area contributed by atoms with E-state index in [1.54, 1.807) is 5.32 Å². The molecule has 2 amide bonds. The second-order valence-corrected chi connectivity index (χ2v) is 2.08. The molecule has 1 rings (SSSR count). The van der Waals surface area contributed by atoms with Gasteiger partial charge in [-0.15, -0.1) is 5.06 Å². The van der Waals surface area contributed by atoms with Crippen molar-refractivity contribution in [3.8, 4) is 0 Å². The highest BCUT2D eigenvalue weighted by molar-refractivity contribution is 5.74. The Balaban J connectivity index is 2.89. The summed E-state index contributed by atoms with van der Waals surface area (Å²) in [6.45, 7) is 0. The number of urea groups is 1. The molecule has 1 saturated heterocycles. The molecular weight excluding hydrogens is 174 g/mol. The van der Waals surface area contributed by atoms with Gasteiger partial charge in [0.05, 0.1) is 0 Å². The van der Waals surface area contributed by atoms with Crippen LogP contribution in [0.4, 0.5) is 4.79 Å². The molecule has 1 unspecified atom stereocenters. The molecule has 1 aliphatic rings. The topological polar surface area (TPSA) is 137 Å². The van der Waals surface area contributed by atoms with Crippen LogP contribution in [0.25, 0.3) is 0 Å². The fraction of sp³-hybridized carbons (Fsp3) is 0.667. The average molecular weight is 181 g/mol. The molecule has 0 aliphatic carbocycles. The zero-order valence-electron chi connectivity index (χ0n) is 5.62. The normalized spacial score (nSPS) is 30.2. The number of carbonyl (C=O) groups is 1. The van der Waals surface area contributed by atoms with Gasteiger partial charge in [-0.1, -0.05) is 5.06 Å². The third kappa shape index (κ3) is 1.10. The lowest BCUT2D eigenvalue weighted by atomic mass is 10.6. The molecule has 70 valence electrons. The number of aliphatic hydroxyl groups excluding tert-OH is 1. The molecule has 0 aromatic heterocycles. The lowest BCUT2D eigenvalue weighted by Gasteiger charge is -2.41. The summed E-state index contributed by atoms with van der Waals surface area (Å²) in [4.78, 5) is 10.5. The second-order valence-electron chi connectivity index (χ2n) is 2.08. The van der Waals surface area contributed by atoms with Gasteiger partial charge >= 0.3 is 12.1 Å². The number of carbonyl (C=O) groups excluding carboxylic acids is 1. The van der Waals surface area contributed by atoms with Gasteiger partial charge < -0.3 is 20.5 Å². The van der Waals surface area contributed by atoms with Crippen LogP contribution in [0.5, 0.6) is 0 Å². The number of rotatable bonds is 0. The summed E-state index contributed by atoms with van der Waals surface area (Å²) in [7, 11) is 0. The summed E-state index contributed by atoms with van der Waals surface area (Å²) in [5, 5.41) is 43.9. The van der Waals surface area contributed by atoms with Crippen molar-refractivity contribution in [2.75, 3.05) is 0 Å². The summed E-state index contributed by atoms with van der Waals surface area (Å²) >= 11 is 0. The number of hydroxylamine groups is 4. The van der Waals surface area contributed by atoms with Gasteiger partial charge in [0.2, 0.25) is 6.35 Å². The van der Waals surface area contributed by atoms with Crippen LogP contribution < -0.4 is 5.32 Å². The molecule has 1 aliphatic heterocycles. The van der Waals surface area contributed by atoms with E-state index in [0.29, 0.717) is 0 Å². The molecule has 0 aromatic carbocycles. The van der Waals surface area contributed by atoms with Crippen molar-refractivity contribution < 1.29 is 30.5 Å². The third-order valence-electron chi connectivity index (χ3n) is 1.27. The zero-order chi connectivity index (χ0) is 9.52. The van der Waals surface area contributed by atoms with Crippen molar-refractivity contribution in [1.82, 2.24) is 15.4 Å².